The zero-order valence-electron chi connectivity index (χ0n) is 17.4. The molecule has 0 radical (unpaired) electrons. The molecule has 0 amide bonds. The Labute approximate surface area is 183 Å². The molecule has 0 bridgehead atoms. The molecule has 2 heterocycles. The van der Waals surface area contributed by atoms with Gasteiger partial charge in [0.15, 0.2) is 6.10 Å². The van der Waals surface area contributed by atoms with Gasteiger partial charge < -0.3 is 40.0 Å². The quantitative estimate of drug-likeness (QED) is 0.310. The van der Waals surface area contributed by atoms with Crippen LogP contribution in [0.5, 0.6) is 5.75 Å². The smallest absolute Gasteiger partial charge is 0.288 e. The summed E-state index contributed by atoms with van der Waals surface area (Å²) in [5, 5.41) is 51.3. The molecule has 1 fully saturated rings. The first-order valence-electron chi connectivity index (χ1n) is 10.4. The molecule has 0 aliphatic carbocycles. The Hall–Kier alpha value is -2.53. The molecule has 9 heteroatoms. The van der Waals surface area contributed by atoms with Crippen LogP contribution in [0.1, 0.15) is 23.6 Å². The van der Waals surface area contributed by atoms with Crippen LogP contribution in [0, 0.1) is 5.82 Å². The third-order valence-corrected chi connectivity index (χ3v) is 5.85. The van der Waals surface area contributed by atoms with Crippen LogP contribution in [0.2, 0.25) is 0 Å². The molecule has 1 saturated heterocycles. The predicted octanol–water partition coefficient (Wildman–Crippen LogP) is 0.959. The fourth-order valence-electron chi connectivity index (χ4n) is 3.97. The highest BCUT2D eigenvalue weighted by atomic mass is 19.1. The number of hydrogen-bond donors (Lipinski definition) is 6. The van der Waals surface area contributed by atoms with E-state index >= 15 is 0 Å². The molecule has 0 saturated carbocycles. The minimum absolute atomic E-state index is 0.153. The van der Waals surface area contributed by atoms with E-state index < -0.39 is 42.8 Å². The highest BCUT2D eigenvalue weighted by Gasteiger charge is 2.57. The molecule has 1 aliphatic rings. The van der Waals surface area contributed by atoms with Crippen LogP contribution in [0.4, 0.5) is 4.39 Å². The topological polar surface area (TPSA) is 135 Å². The average molecular weight is 447 g/mol. The second-order valence-electron chi connectivity index (χ2n) is 7.99. The minimum Gasteiger partial charge on any atom is -0.453 e. The van der Waals surface area contributed by atoms with Gasteiger partial charge in [0.05, 0.1) is 12.1 Å². The van der Waals surface area contributed by atoms with Crippen molar-refractivity contribution in [1.82, 2.24) is 4.98 Å². The zero-order chi connectivity index (χ0) is 23.0. The van der Waals surface area contributed by atoms with E-state index in [1.165, 1.54) is 11.6 Å². The number of nitrogens with one attached hydrogen (secondary N) is 1. The summed E-state index contributed by atoms with van der Waals surface area (Å²) in [5.74, 6) is -3.63. The van der Waals surface area contributed by atoms with E-state index in [4.69, 9.17) is 9.47 Å². The number of aryl methyl sites for hydroxylation is 1. The Morgan fingerprint density at radius 2 is 1.81 bits per heavy atom. The van der Waals surface area contributed by atoms with Crippen molar-refractivity contribution in [1.29, 1.82) is 0 Å². The molecule has 4 rings (SSSR count). The summed E-state index contributed by atoms with van der Waals surface area (Å²) in [4.78, 5) is 2.97. The van der Waals surface area contributed by atoms with Crippen molar-refractivity contribution in [3.05, 3.63) is 65.1 Å². The van der Waals surface area contributed by atoms with Crippen LogP contribution in [0.25, 0.3) is 10.9 Å². The second kappa shape index (κ2) is 8.78. The molecule has 0 unspecified atom stereocenters. The first kappa shape index (κ1) is 22.7. The zero-order valence-corrected chi connectivity index (χ0v) is 17.4. The Kier molecular flexibility index (Phi) is 6.22. The second-order valence-corrected chi connectivity index (χ2v) is 7.99. The lowest BCUT2D eigenvalue weighted by Crippen LogP contribution is -2.69. The normalized spacial score (nSPS) is 28.2. The number of halogens is 1. The SMILES string of the molecule is CCc1ccc(Cc2c[nH]c3cc(F)cc(O[C@]4(O)[C@H](O)O[C@H](CO)[C@@H](O)[C@@H]4O)c23)cc1. The van der Waals surface area contributed by atoms with Crippen molar-refractivity contribution in [2.45, 2.75) is 50.2 Å². The van der Waals surface area contributed by atoms with E-state index in [2.05, 4.69) is 11.9 Å². The number of aliphatic hydroxyl groups is 5. The maximum absolute atomic E-state index is 14.3. The number of fused-ring (bicyclic) bond motifs is 1. The van der Waals surface area contributed by atoms with Crippen molar-refractivity contribution in [2.75, 3.05) is 6.61 Å². The summed E-state index contributed by atoms with van der Waals surface area (Å²) in [6.07, 6.45) is -4.15. The van der Waals surface area contributed by atoms with Crippen molar-refractivity contribution in [3.8, 4) is 5.75 Å². The van der Waals surface area contributed by atoms with Gasteiger partial charge in [-0.05, 0) is 35.6 Å². The van der Waals surface area contributed by atoms with Gasteiger partial charge in [-0.3, -0.25) is 0 Å². The van der Waals surface area contributed by atoms with Gasteiger partial charge in [0.2, 0.25) is 6.29 Å². The molecule has 1 aliphatic heterocycles. The fourth-order valence-corrected chi connectivity index (χ4v) is 3.97. The maximum atomic E-state index is 14.3. The fraction of sp³-hybridized carbons (Fsp3) is 0.391. The lowest BCUT2D eigenvalue weighted by molar-refractivity contribution is -0.385. The summed E-state index contributed by atoms with van der Waals surface area (Å²) >= 11 is 0. The molecule has 8 nitrogen and oxygen atoms in total. The van der Waals surface area contributed by atoms with Gasteiger partial charge in [-0.15, -0.1) is 0 Å². The number of hydrogen-bond acceptors (Lipinski definition) is 7. The van der Waals surface area contributed by atoms with Crippen LogP contribution in [-0.2, 0) is 17.6 Å². The molecular weight excluding hydrogens is 421 g/mol. The van der Waals surface area contributed by atoms with Gasteiger partial charge in [0.1, 0.15) is 23.8 Å². The number of aromatic nitrogens is 1. The van der Waals surface area contributed by atoms with E-state index in [9.17, 15) is 29.9 Å². The van der Waals surface area contributed by atoms with Gasteiger partial charge in [-0.25, -0.2) is 4.39 Å². The largest absolute Gasteiger partial charge is 0.453 e. The van der Waals surface area contributed by atoms with Crippen LogP contribution < -0.4 is 4.74 Å². The predicted molar refractivity (Wildman–Crippen MR) is 112 cm³/mol. The highest BCUT2D eigenvalue weighted by molar-refractivity contribution is 5.89. The number of ether oxygens (including phenoxy) is 2. The van der Waals surface area contributed by atoms with Crippen molar-refractivity contribution in [2.24, 2.45) is 0 Å². The van der Waals surface area contributed by atoms with E-state index in [0.717, 1.165) is 23.6 Å². The van der Waals surface area contributed by atoms with E-state index in [1.807, 2.05) is 24.3 Å². The molecule has 0 spiro atoms. The average Bonchev–Trinajstić information content (AvgIpc) is 3.18. The van der Waals surface area contributed by atoms with Crippen LogP contribution >= 0.6 is 0 Å². The Morgan fingerprint density at radius 1 is 1.12 bits per heavy atom. The third kappa shape index (κ3) is 3.99. The minimum atomic E-state index is -2.80. The molecule has 6 N–H and O–H groups in total. The monoisotopic (exact) mass is 447 g/mol. The standard InChI is InChI=1S/C23H26FNO7/c1-2-12-3-5-13(6-4-12)7-14-10-25-16-8-15(24)9-17(19(14)16)32-23(30)21(28)20(27)18(11-26)31-22(23)29/h3-6,8-10,18,20-22,25-30H,2,7,11H2,1H3/t18-,20-,21+,22-,23+/m1/s1. The molecule has 172 valence electrons. The van der Waals surface area contributed by atoms with Crippen molar-refractivity contribution >= 4 is 10.9 Å². The Bertz CT molecular complexity index is 1090. The third-order valence-electron chi connectivity index (χ3n) is 5.85. The van der Waals surface area contributed by atoms with Crippen molar-refractivity contribution < 1.29 is 39.4 Å². The lowest BCUT2D eigenvalue weighted by Gasteiger charge is -2.45. The van der Waals surface area contributed by atoms with Gasteiger partial charge in [-0.2, -0.15) is 0 Å². The summed E-state index contributed by atoms with van der Waals surface area (Å²) in [5.41, 5.74) is 3.32. The van der Waals surface area contributed by atoms with E-state index in [-0.39, 0.29) is 5.75 Å². The molecule has 3 aromatic rings. The molecule has 2 aromatic carbocycles. The van der Waals surface area contributed by atoms with Crippen LogP contribution in [-0.4, -0.2) is 67.5 Å². The number of H-pyrrole nitrogens is 1. The van der Waals surface area contributed by atoms with Crippen LogP contribution in [0.15, 0.2) is 42.6 Å². The number of rotatable bonds is 6. The molecular formula is C23H26FNO7. The van der Waals surface area contributed by atoms with Crippen LogP contribution in [0.3, 0.4) is 0 Å². The van der Waals surface area contributed by atoms with E-state index in [1.54, 1.807) is 6.20 Å². The number of aromatic amines is 1. The Morgan fingerprint density at radius 3 is 2.47 bits per heavy atom. The van der Waals surface area contributed by atoms with Gasteiger partial charge in [-0.1, -0.05) is 31.2 Å². The summed E-state index contributed by atoms with van der Waals surface area (Å²) in [7, 11) is 0. The van der Waals surface area contributed by atoms with E-state index in [0.29, 0.717) is 17.3 Å². The molecule has 5 atom stereocenters. The van der Waals surface area contributed by atoms with Gasteiger partial charge in [0, 0.05) is 17.6 Å². The first-order valence-corrected chi connectivity index (χ1v) is 10.4. The van der Waals surface area contributed by atoms with Gasteiger partial charge >= 0.3 is 0 Å². The lowest BCUT2D eigenvalue weighted by atomic mass is 9.95. The highest BCUT2D eigenvalue weighted by Crippen LogP contribution is 2.37. The van der Waals surface area contributed by atoms with Crippen molar-refractivity contribution in [3.63, 3.8) is 0 Å². The molecule has 32 heavy (non-hydrogen) atoms. The summed E-state index contributed by atoms with van der Waals surface area (Å²) in [6, 6.07) is 10.3. The summed E-state index contributed by atoms with van der Waals surface area (Å²) in [6.45, 7) is 1.36. The maximum Gasteiger partial charge on any atom is 0.288 e. The number of benzene rings is 2. The van der Waals surface area contributed by atoms with Gasteiger partial charge in [0.25, 0.3) is 5.79 Å². The Balaban J connectivity index is 1.71. The summed E-state index contributed by atoms with van der Waals surface area (Å²) < 4.78 is 24.8. The number of aliphatic hydroxyl groups excluding tert-OH is 4. The molecule has 1 aromatic heterocycles. The first-order chi connectivity index (χ1) is 15.3.